The van der Waals surface area contributed by atoms with E-state index in [0.717, 1.165) is 5.56 Å². The predicted octanol–water partition coefficient (Wildman–Crippen LogP) is 5.18. The van der Waals surface area contributed by atoms with E-state index < -0.39 is 0 Å². The number of hydrogen-bond donors (Lipinski definition) is 2. The number of benzene rings is 3. The van der Waals surface area contributed by atoms with Crippen LogP contribution in [0.15, 0.2) is 72.8 Å². The molecule has 0 fully saturated rings. The maximum Gasteiger partial charge on any atom is 0.255 e. The molecule has 0 atom stereocenters. The highest BCUT2D eigenvalue weighted by atomic mass is 35.5. The summed E-state index contributed by atoms with van der Waals surface area (Å²) in [5, 5.41) is 6.68. The predicted molar refractivity (Wildman–Crippen MR) is 108 cm³/mol. The van der Waals surface area contributed by atoms with Gasteiger partial charge in [-0.3, -0.25) is 9.59 Å². The minimum atomic E-state index is -0.321. The van der Waals surface area contributed by atoms with Gasteiger partial charge in [0.25, 0.3) is 11.8 Å². The van der Waals surface area contributed by atoms with E-state index in [-0.39, 0.29) is 11.8 Å². The van der Waals surface area contributed by atoms with Gasteiger partial charge < -0.3 is 10.6 Å². The summed E-state index contributed by atoms with van der Waals surface area (Å²) < 4.78 is 0. The van der Waals surface area contributed by atoms with Crippen LogP contribution in [-0.4, -0.2) is 11.8 Å². The van der Waals surface area contributed by atoms with Crippen molar-refractivity contribution in [2.45, 2.75) is 6.54 Å². The molecule has 0 unspecified atom stereocenters. The molecule has 0 aromatic heterocycles. The maximum absolute atomic E-state index is 12.4. The molecule has 0 radical (unpaired) electrons. The van der Waals surface area contributed by atoms with Gasteiger partial charge >= 0.3 is 0 Å². The molecule has 0 aliphatic carbocycles. The third kappa shape index (κ3) is 5.09. The highest BCUT2D eigenvalue weighted by molar-refractivity contribution is 6.31. The minimum absolute atomic E-state index is 0.285. The molecule has 0 bridgehead atoms. The summed E-state index contributed by atoms with van der Waals surface area (Å²) in [5.41, 5.74) is 2.17. The Balaban J connectivity index is 1.68. The molecule has 0 aliphatic rings. The van der Waals surface area contributed by atoms with Crippen LogP contribution in [0.1, 0.15) is 26.3 Å². The summed E-state index contributed by atoms with van der Waals surface area (Å²) in [6.45, 7) is 0.303. The van der Waals surface area contributed by atoms with Crippen LogP contribution in [0.2, 0.25) is 10.0 Å². The zero-order valence-corrected chi connectivity index (χ0v) is 15.7. The molecule has 27 heavy (non-hydrogen) atoms. The van der Waals surface area contributed by atoms with E-state index in [2.05, 4.69) is 10.6 Å². The second-order valence-electron chi connectivity index (χ2n) is 5.82. The number of halogens is 2. The number of nitrogens with one attached hydrogen (secondary N) is 2. The van der Waals surface area contributed by atoms with Crippen molar-refractivity contribution in [2.75, 3.05) is 5.32 Å². The Kier molecular flexibility index (Phi) is 6.12. The summed E-state index contributed by atoms with van der Waals surface area (Å²) in [5.74, 6) is -0.606. The largest absolute Gasteiger partial charge is 0.348 e. The van der Waals surface area contributed by atoms with Crippen LogP contribution in [0.3, 0.4) is 0 Å². The van der Waals surface area contributed by atoms with E-state index in [4.69, 9.17) is 23.2 Å². The molecule has 2 amide bonds. The molecular weight excluding hydrogens is 383 g/mol. The molecule has 3 aromatic rings. The highest BCUT2D eigenvalue weighted by Gasteiger charge is 2.11. The summed E-state index contributed by atoms with van der Waals surface area (Å²) in [7, 11) is 0. The van der Waals surface area contributed by atoms with Crippen molar-refractivity contribution < 1.29 is 9.59 Å². The van der Waals surface area contributed by atoms with Gasteiger partial charge in [0, 0.05) is 33.4 Å². The first-order valence-corrected chi connectivity index (χ1v) is 8.97. The standard InChI is InChI=1S/C21H16Cl2N2O2/c22-17-8-4-9-18(12-17)25-21(27)15-7-3-6-14(11-15)20(26)24-13-16-5-1-2-10-19(16)23/h1-12H,13H2,(H,24,26)(H,25,27). The van der Waals surface area contributed by atoms with Gasteiger partial charge in [-0.15, -0.1) is 0 Å². The fourth-order valence-electron chi connectivity index (χ4n) is 2.49. The molecular formula is C21H16Cl2N2O2. The van der Waals surface area contributed by atoms with E-state index >= 15 is 0 Å². The van der Waals surface area contributed by atoms with Crippen LogP contribution >= 0.6 is 23.2 Å². The summed E-state index contributed by atoms with van der Waals surface area (Å²) in [4.78, 5) is 24.8. The molecule has 136 valence electrons. The van der Waals surface area contributed by atoms with E-state index in [1.54, 1.807) is 54.6 Å². The second-order valence-corrected chi connectivity index (χ2v) is 6.66. The van der Waals surface area contributed by atoms with Crippen LogP contribution in [-0.2, 0) is 6.54 Å². The Morgan fingerprint density at radius 1 is 0.778 bits per heavy atom. The molecule has 6 heteroatoms. The van der Waals surface area contributed by atoms with Gasteiger partial charge in [0.1, 0.15) is 0 Å². The minimum Gasteiger partial charge on any atom is -0.348 e. The monoisotopic (exact) mass is 398 g/mol. The fraction of sp³-hybridized carbons (Fsp3) is 0.0476. The van der Waals surface area contributed by atoms with Crippen molar-refractivity contribution in [3.05, 3.63) is 99.5 Å². The van der Waals surface area contributed by atoms with Crippen molar-refractivity contribution in [2.24, 2.45) is 0 Å². The zero-order chi connectivity index (χ0) is 19.2. The molecule has 0 heterocycles. The van der Waals surface area contributed by atoms with Crippen molar-refractivity contribution in [1.29, 1.82) is 0 Å². The fourth-order valence-corrected chi connectivity index (χ4v) is 2.88. The lowest BCUT2D eigenvalue weighted by Crippen LogP contribution is -2.23. The van der Waals surface area contributed by atoms with E-state index in [1.165, 1.54) is 0 Å². The van der Waals surface area contributed by atoms with Crippen molar-refractivity contribution in [3.8, 4) is 0 Å². The van der Waals surface area contributed by atoms with Crippen LogP contribution in [0, 0.1) is 0 Å². The zero-order valence-electron chi connectivity index (χ0n) is 14.2. The SMILES string of the molecule is O=C(NCc1ccccc1Cl)c1cccc(C(=O)Nc2cccc(Cl)c2)c1. The van der Waals surface area contributed by atoms with E-state index in [0.29, 0.717) is 33.4 Å². The first-order chi connectivity index (χ1) is 13.0. The normalized spacial score (nSPS) is 10.3. The van der Waals surface area contributed by atoms with Gasteiger partial charge in [0.15, 0.2) is 0 Å². The molecule has 0 saturated heterocycles. The van der Waals surface area contributed by atoms with Crippen LogP contribution in [0.4, 0.5) is 5.69 Å². The molecule has 4 nitrogen and oxygen atoms in total. The lowest BCUT2D eigenvalue weighted by molar-refractivity contribution is 0.0951. The van der Waals surface area contributed by atoms with Crippen LogP contribution in [0.5, 0.6) is 0 Å². The van der Waals surface area contributed by atoms with Crippen molar-refractivity contribution in [1.82, 2.24) is 5.32 Å². The maximum atomic E-state index is 12.4. The average molecular weight is 399 g/mol. The van der Waals surface area contributed by atoms with Crippen LogP contribution in [0.25, 0.3) is 0 Å². The second kappa shape index (κ2) is 8.71. The third-order valence-electron chi connectivity index (χ3n) is 3.87. The summed E-state index contributed by atoms with van der Waals surface area (Å²) in [6, 6.07) is 20.7. The first kappa shape index (κ1) is 19.0. The lowest BCUT2D eigenvalue weighted by Gasteiger charge is -2.09. The molecule has 3 aromatic carbocycles. The van der Waals surface area contributed by atoms with Gasteiger partial charge in [0.05, 0.1) is 0 Å². The average Bonchev–Trinajstić information content (AvgIpc) is 2.67. The Morgan fingerprint density at radius 3 is 2.22 bits per heavy atom. The lowest BCUT2D eigenvalue weighted by atomic mass is 10.1. The number of carbonyl (C=O) groups excluding carboxylic acids is 2. The van der Waals surface area contributed by atoms with Crippen LogP contribution < -0.4 is 10.6 Å². The van der Waals surface area contributed by atoms with Gasteiger partial charge in [0.2, 0.25) is 0 Å². The third-order valence-corrected chi connectivity index (χ3v) is 4.47. The number of carbonyl (C=O) groups is 2. The number of hydrogen-bond acceptors (Lipinski definition) is 2. The van der Waals surface area contributed by atoms with E-state index in [1.807, 2.05) is 18.2 Å². The quantitative estimate of drug-likeness (QED) is 0.622. The Bertz CT molecular complexity index is 989. The summed E-state index contributed by atoms with van der Waals surface area (Å²) in [6.07, 6.45) is 0. The molecule has 3 rings (SSSR count). The topological polar surface area (TPSA) is 58.2 Å². The Morgan fingerprint density at radius 2 is 1.48 bits per heavy atom. The van der Waals surface area contributed by atoms with Gasteiger partial charge in [-0.2, -0.15) is 0 Å². The molecule has 0 saturated carbocycles. The van der Waals surface area contributed by atoms with E-state index in [9.17, 15) is 9.59 Å². The summed E-state index contributed by atoms with van der Waals surface area (Å²) >= 11 is 12.0. The molecule has 0 spiro atoms. The highest BCUT2D eigenvalue weighted by Crippen LogP contribution is 2.17. The first-order valence-electron chi connectivity index (χ1n) is 8.21. The Hall–Kier alpha value is -2.82. The Labute approximate surface area is 167 Å². The molecule has 0 aliphatic heterocycles. The number of rotatable bonds is 5. The number of anilines is 1. The van der Waals surface area contributed by atoms with Gasteiger partial charge in [-0.05, 0) is 48.0 Å². The van der Waals surface area contributed by atoms with Gasteiger partial charge in [-0.25, -0.2) is 0 Å². The molecule has 2 N–H and O–H groups in total. The van der Waals surface area contributed by atoms with Crippen molar-refractivity contribution >= 4 is 40.7 Å². The van der Waals surface area contributed by atoms with Gasteiger partial charge in [-0.1, -0.05) is 53.5 Å². The smallest absolute Gasteiger partial charge is 0.255 e. The number of amides is 2. The van der Waals surface area contributed by atoms with Crippen molar-refractivity contribution in [3.63, 3.8) is 0 Å².